The number of carbonyl (C=O) groups is 2. The quantitative estimate of drug-likeness (QED) is 0.415. The summed E-state index contributed by atoms with van der Waals surface area (Å²) in [5.41, 5.74) is 0.000426. The summed E-state index contributed by atoms with van der Waals surface area (Å²) in [6.45, 7) is 2.66. The number of amides is 1. The van der Waals surface area contributed by atoms with Gasteiger partial charge in [0, 0.05) is 43.3 Å². The van der Waals surface area contributed by atoms with E-state index in [-0.39, 0.29) is 22.8 Å². The molecule has 12 heteroatoms. The Morgan fingerprint density at radius 1 is 1.28 bits per heavy atom. The van der Waals surface area contributed by atoms with Crippen LogP contribution < -0.4 is 15.6 Å². The number of fused-ring (bicyclic) bond motifs is 1. The summed E-state index contributed by atoms with van der Waals surface area (Å²) in [4.78, 5) is 54.5. The number of pyridine rings is 2. The molecule has 0 aromatic carbocycles. The van der Waals surface area contributed by atoms with Crippen LogP contribution in [0, 0.1) is 12.8 Å². The standard InChI is InChI=1S/C20H17N7O4S/c1-10-6-13(26-7-11(8-26)17(29)25-19-21-2-3-22-19)24-16-14(10)15(28)12(18(30)31)9-27(16)20-23-4-5-32-20/h2-6,9,11H,7-8H2,1H3,(H,30,31)(H2,21,22,25,29). The molecule has 1 saturated heterocycles. The zero-order valence-corrected chi connectivity index (χ0v) is 17.6. The van der Waals surface area contributed by atoms with Crippen LogP contribution in [0.3, 0.4) is 0 Å². The molecule has 0 atom stereocenters. The minimum Gasteiger partial charge on any atom is -0.477 e. The number of aromatic nitrogens is 5. The summed E-state index contributed by atoms with van der Waals surface area (Å²) in [5.74, 6) is -0.675. The van der Waals surface area contributed by atoms with Crippen LogP contribution >= 0.6 is 11.3 Å². The maximum atomic E-state index is 12.8. The second-order valence-electron chi connectivity index (χ2n) is 7.39. The number of carboxylic acid groups (broad SMARTS) is 1. The number of carbonyl (C=O) groups excluding carboxylic acids is 1. The Labute approximate surface area is 184 Å². The van der Waals surface area contributed by atoms with Crippen molar-refractivity contribution in [1.29, 1.82) is 0 Å². The van der Waals surface area contributed by atoms with E-state index in [9.17, 15) is 19.5 Å². The molecule has 0 spiro atoms. The lowest BCUT2D eigenvalue weighted by atomic mass is 9.99. The number of thiazole rings is 1. The molecule has 32 heavy (non-hydrogen) atoms. The van der Waals surface area contributed by atoms with E-state index in [2.05, 4.69) is 25.3 Å². The molecule has 1 aliphatic heterocycles. The van der Waals surface area contributed by atoms with Crippen molar-refractivity contribution in [2.45, 2.75) is 6.92 Å². The van der Waals surface area contributed by atoms with E-state index < -0.39 is 11.4 Å². The van der Waals surface area contributed by atoms with E-state index in [1.54, 1.807) is 37.0 Å². The van der Waals surface area contributed by atoms with Crippen molar-refractivity contribution in [1.82, 2.24) is 24.5 Å². The summed E-state index contributed by atoms with van der Waals surface area (Å²) in [7, 11) is 0. The Morgan fingerprint density at radius 2 is 2.09 bits per heavy atom. The van der Waals surface area contributed by atoms with Crippen LogP contribution in [0.2, 0.25) is 0 Å². The average molecular weight is 451 g/mol. The minimum absolute atomic E-state index is 0.139. The largest absolute Gasteiger partial charge is 0.477 e. The Hall–Kier alpha value is -4.06. The van der Waals surface area contributed by atoms with Crippen molar-refractivity contribution in [3.05, 3.63) is 57.6 Å². The molecule has 1 amide bonds. The second kappa shape index (κ2) is 7.57. The average Bonchev–Trinajstić information content (AvgIpc) is 3.40. The lowest BCUT2D eigenvalue weighted by Crippen LogP contribution is -2.52. The number of aryl methyl sites for hydroxylation is 1. The second-order valence-corrected chi connectivity index (χ2v) is 8.26. The molecular weight excluding hydrogens is 434 g/mol. The number of hydrogen-bond donors (Lipinski definition) is 3. The highest BCUT2D eigenvalue weighted by molar-refractivity contribution is 7.12. The van der Waals surface area contributed by atoms with Crippen LogP contribution in [0.25, 0.3) is 16.2 Å². The highest BCUT2D eigenvalue weighted by Crippen LogP contribution is 2.28. The van der Waals surface area contributed by atoms with Crippen LogP contribution in [0.1, 0.15) is 15.9 Å². The van der Waals surface area contributed by atoms with Crippen LogP contribution in [0.4, 0.5) is 11.8 Å². The van der Waals surface area contributed by atoms with E-state index in [0.717, 1.165) is 0 Å². The summed E-state index contributed by atoms with van der Waals surface area (Å²) in [6.07, 6.45) is 6.04. The van der Waals surface area contributed by atoms with Gasteiger partial charge < -0.3 is 15.0 Å². The van der Waals surface area contributed by atoms with E-state index >= 15 is 0 Å². The lowest BCUT2D eigenvalue weighted by molar-refractivity contribution is -0.120. The van der Waals surface area contributed by atoms with Crippen molar-refractivity contribution in [3.63, 3.8) is 0 Å². The van der Waals surface area contributed by atoms with Crippen molar-refractivity contribution in [3.8, 4) is 5.13 Å². The first-order valence-corrected chi connectivity index (χ1v) is 10.6. The van der Waals surface area contributed by atoms with Crippen LogP contribution in [0.5, 0.6) is 0 Å². The number of hydrogen-bond acceptors (Lipinski definition) is 8. The molecule has 1 fully saturated rings. The van der Waals surface area contributed by atoms with Crippen molar-refractivity contribution >= 4 is 46.0 Å². The summed E-state index contributed by atoms with van der Waals surface area (Å²) in [5, 5.41) is 14.7. The van der Waals surface area contributed by atoms with Gasteiger partial charge in [0.1, 0.15) is 11.4 Å². The molecule has 0 bridgehead atoms. The molecular formula is C20H17N7O4S. The molecule has 11 nitrogen and oxygen atoms in total. The molecule has 0 saturated carbocycles. The Balaban J connectivity index is 1.50. The highest BCUT2D eigenvalue weighted by Gasteiger charge is 2.34. The molecule has 0 radical (unpaired) electrons. The monoisotopic (exact) mass is 451 g/mol. The third kappa shape index (κ3) is 3.30. The van der Waals surface area contributed by atoms with Gasteiger partial charge in [0.15, 0.2) is 10.8 Å². The van der Waals surface area contributed by atoms with Gasteiger partial charge in [-0.15, -0.1) is 11.3 Å². The van der Waals surface area contributed by atoms with Gasteiger partial charge in [-0.1, -0.05) is 0 Å². The first kappa shape index (κ1) is 19.9. The van der Waals surface area contributed by atoms with Gasteiger partial charge >= 0.3 is 5.97 Å². The number of aromatic carboxylic acids is 1. The summed E-state index contributed by atoms with van der Waals surface area (Å²) < 4.78 is 1.53. The van der Waals surface area contributed by atoms with Crippen LogP contribution in [-0.4, -0.2) is 54.6 Å². The van der Waals surface area contributed by atoms with Crippen molar-refractivity contribution in [2.75, 3.05) is 23.3 Å². The number of H-pyrrole nitrogens is 1. The predicted octanol–water partition coefficient (Wildman–Crippen LogP) is 1.65. The van der Waals surface area contributed by atoms with Crippen molar-refractivity contribution in [2.24, 2.45) is 5.92 Å². The van der Waals surface area contributed by atoms with Crippen LogP contribution in [-0.2, 0) is 4.79 Å². The predicted molar refractivity (Wildman–Crippen MR) is 118 cm³/mol. The summed E-state index contributed by atoms with van der Waals surface area (Å²) >= 11 is 1.30. The number of imidazole rings is 1. The molecule has 1 aliphatic rings. The molecule has 162 valence electrons. The molecule has 3 N–H and O–H groups in total. The highest BCUT2D eigenvalue weighted by atomic mass is 32.1. The number of carboxylic acids is 1. The van der Waals surface area contributed by atoms with Gasteiger partial charge in [-0.05, 0) is 18.6 Å². The fraction of sp³-hybridized carbons (Fsp3) is 0.200. The lowest BCUT2D eigenvalue weighted by Gasteiger charge is -2.39. The number of rotatable bonds is 5. The van der Waals surface area contributed by atoms with Gasteiger partial charge in [-0.25, -0.2) is 19.7 Å². The fourth-order valence-corrected chi connectivity index (χ4v) is 4.27. The molecule has 5 heterocycles. The van der Waals surface area contributed by atoms with Gasteiger partial charge in [-0.2, -0.15) is 0 Å². The smallest absolute Gasteiger partial charge is 0.341 e. The van der Waals surface area contributed by atoms with Gasteiger partial charge in [0.25, 0.3) is 0 Å². The van der Waals surface area contributed by atoms with Gasteiger partial charge in [0.2, 0.25) is 17.3 Å². The van der Waals surface area contributed by atoms with Gasteiger partial charge in [-0.3, -0.25) is 19.5 Å². The zero-order chi connectivity index (χ0) is 22.4. The number of anilines is 2. The third-order valence-corrected chi connectivity index (χ3v) is 6.08. The van der Waals surface area contributed by atoms with E-state index in [1.165, 1.54) is 22.1 Å². The Morgan fingerprint density at radius 3 is 2.75 bits per heavy atom. The first-order valence-electron chi connectivity index (χ1n) is 9.67. The topological polar surface area (TPSA) is 146 Å². The normalized spacial score (nSPS) is 13.8. The third-order valence-electron chi connectivity index (χ3n) is 5.31. The van der Waals surface area contributed by atoms with E-state index in [0.29, 0.717) is 41.2 Å². The van der Waals surface area contributed by atoms with Gasteiger partial charge in [0.05, 0.1) is 11.3 Å². The fourth-order valence-electron chi connectivity index (χ4n) is 3.66. The first-order chi connectivity index (χ1) is 15.4. The Bertz CT molecular complexity index is 1390. The molecule has 0 aliphatic carbocycles. The number of aromatic amines is 1. The molecule has 4 aromatic heterocycles. The molecule has 5 rings (SSSR count). The summed E-state index contributed by atoms with van der Waals surface area (Å²) in [6, 6.07) is 1.74. The minimum atomic E-state index is -1.31. The maximum Gasteiger partial charge on any atom is 0.341 e. The van der Waals surface area contributed by atoms with Crippen molar-refractivity contribution < 1.29 is 14.7 Å². The maximum absolute atomic E-state index is 12.8. The number of nitrogens with one attached hydrogen (secondary N) is 2. The number of nitrogens with zero attached hydrogens (tertiary/aromatic N) is 5. The van der Waals surface area contributed by atoms with E-state index in [4.69, 9.17) is 0 Å². The molecule has 4 aromatic rings. The SMILES string of the molecule is Cc1cc(N2CC(C(=O)Nc3ncc[nH]3)C2)nc2c1c(=O)c(C(=O)O)cn2-c1nccs1. The molecule has 0 unspecified atom stereocenters. The van der Waals surface area contributed by atoms with E-state index in [1.807, 2.05) is 4.90 Å². The van der Waals surface area contributed by atoms with Crippen LogP contribution in [0.15, 0.2) is 41.0 Å². The Kier molecular flexibility index (Phi) is 4.70. The zero-order valence-electron chi connectivity index (χ0n) is 16.8.